The van der Waals surface area contributed by atoms with E-state index in [1.807, 2.05) is 6.92 Å². The zero-order valence-corrected chi connectivity index (χ0v) is 19.4. The number of ketones is 1. The summed E-state index contributed by atoms with van der Waals surface area (Å²) in [6, 6.07) is 18.0. The standard InChI is InChI=1S/C24H16BrCl2NO3/c1-13-2-11-18(12-19(13)27)28-21(14-5-9-17(26)10-6-14)20(23(30)24(28)31)22(29)15-3-7-16(25)8-4-15/h2-12,21,29H,1H3/b22-20+. The highest BCUT2D eigenvalue weighted by Crippen LogP contribution is 2.43. The van der Waals surface area contributed by atoms with Crippen LogP contribution in [0.2, 0.25) is 10.0 Å². The molecule has 0 saturated carbocycles. The molecule has 1 N–H and O–H groups in total. The van der Waals surface area contributed by atoms with Crippen LogP contribution in [-0.4, -0.2) is 16.8 Å². The Labute approximate surface area is 197 Å². The zero-order chi connectivity index (χ0) is 22.3. The molecule has 1 heterocycles. The maximum atomic E-state index is 13.1. The van der Waals surface area contributed by atoms with Gasteiger partial charge in [0.05, 0.1) is 11.6 Å². The SMILES string of the molecule is Cc1ccc(N2C(=O)C(=O)/C(=C(/O)c3ccc(Br)cc3)C2c2ccc(Cl)cc2)cc1Cl. The topological polar surface area (TPSA) is 57.6 Å². The molecular weight excluding hydrogens is 501 g/mol. The maximum Gasteiger partial charge on any atom is 0.300 e. The van der Waals surface area contributed by atoms with Crippen molar-refractivity contribution in [3.8, 4) is 0 Å². The summed E-state index contributed by atoms with van der Waals surface area (Å²) < 4.78 is 0.827. The van der Waals surface area contributed by atoms with Crippen LogP contribution < -0.4 is 4.90 Å². The lowest BCUT2D eigenvalue weighted by Gasteiger charge is -2.26. The molecule has 4 nitrogen and oxygen atoms in total. The molecule has 31 heavy (non-hydrogen) atoms. The third-order valence-corrected chi connectivity index (χ3v) is 6.37. The Hall–Kier alpha value is -2.60. The summed E-state index contributed by atoms with van der Waals surface area (Å²) >= 11 is 15.7. The van der Waals surface area contributed by atoms with Gasteiger partial charge in [-0.15, -0.1) is 0 Å². The van der Waals surface area contributed by atoms with Crippen LogP contribution in [0.25, 0.3) is 5.76 Å². The number of aryl methyl sites for hydroxylation is 1. The second-order valence-corrected chi connectivity index (χ2v) is 8.92. The quantitative estimate of drug-likeness (QED) is 0.239. The van der Waals surface area contributed by atoms with Crippen LogP contribution in [0.4, 0.5) is 5.69 Å². The predicted octanol–water partition coefficient (Wildman–Crippen LogP) is 6.69. The Kier molecular flexibility index (Phi) is 5.93. The number of anilines is 1. The Bertz CT molecular complexity index is 1220. The van der Waals surface area contributed by atoms with E-state index in [2.05, 4.69) is 15.9 Å². The van der Waals surface area contributed by atoms with Crippen molar-refractivity contribution in [1.29, 1.82) is 0 Å². The molecular formula is C24H16BrCl2NO3. The number of halogens is 3. The molecule has 0 aromatic heterocycles. The summed E-state index contributed by atoms with van der Waals surface area (Å²) in [7, 11) is 0. The molecule has 1 fully saturated rings. The average molecular weight is 517 g/mol. The first kappa shape index (κ1) is 21.6. The van der Waals surface area contributed by atoms with Crippen LogP contribution in [0.5, 0.6) is 0 Å². The van der Waals surface area contributed by atoms with Crippen molar-refractivity contribution in [2.45, 2.75) is 13.0 Å². The highest BCUT2D eigenvalue weighted by atomic mass is 79.9. The molecule has 1 aliphatic heterocycles. The van der Waals surface area contributed by atoms with E-state index < -0.39 is 17.7 Å². The van der Waals surface area contributed by atoms with Gasteiger partial charge in [-0.3, -0.25) is 14.5 Å². The Morgan fingerprint density at radius 3 is 2.23 bits per heavy atom. The van der Waals surface area contributed by atoms with Crippen molar-refractivity contribution >= 4 is 62.3 Å². The summed E-state index contributed by atoms with van der Waals surface area (Å²) in [4.78, 5) is 27.6. The Morgan fingerprint density at radius 1 is 0.968 bits per heavy atom. The minimum absolute atomic E-state index is 0.00587. The normalized spacial score (nSPS) is 17.9. The lowest BCUT2D eigenvalue weighted by atomic mass is 9.95. The lowest BCUT2D eigenvalue weighted by Crippen LogP contribution is -2.29. The summed E-state index contributed by atoms with van der Waals surface area (Å²) in [6.45, 7) is 1.85. The van der Waals surface area contributed by atoms with Gasteiger partial charge in [-0.25, -0.2) is 0 Å². The van der Waals surface area contributed by atoms with Gasteiger partial charge >= 0.3 is 0 Å². The number of carbonyl (C=O) groups is 2. The fraction of sp³-hybridized carbons (Fsp3) is 0.0833. The second kappa shape index (κ2) is 8.50. The molecule has 0 spiro atoms. The van der Waals surface area contributed by atoms with Crippen LogP contribution in [-0.2, 0) is 9.59 Å². The molecule has 4 rings (SSSR count). The number of rotatable bonds is 3. The molecule has 1 atom stereocenters. The van der Waals surface area contributed by atoms with Gasteiger partial charge in [0.25, 0.3) is 11.7 Å². The Morgan fingerprint density at radius 2 is 1.61 bits per heavy atom. The van der Waals surface area contributed by atoms with E-state index in [4.69, 9.17) is 23.2 Å². The van der Waals surface area contributed by atoms with Crippen molar-refractivity contribution in [2.24, 2.45) is 0 Å². The maximum absolute atomic E-state index is 13.1. The lowest BCUT2D eigenvalue weighted by molar-refractivity contribution is -0.132. The fourth-order valence-corrected chi connectivity index (χ4v) is 4.12. The van der Waals surface area contributed by atoms with Crippen molar-refractivity contribution in [3.63, 3.8) is 0 Å². The number of hydrogen-bond donors (Lipinski definition) is 1. The highest BCUT2D eigenvalue weighted by molar-refractivity contribution is 9.10. The van der Waals surface area contributed by atoms with Crippen LogP contribution in [0.1, 0.15) is 22.7 Å². The number of Topliss-reactive ketones (excluding diaryl/α,β-unsaturated/α-hetero) is 1. The molecule has 0 bridgehead atoms. The fourth-order valence-electron chi connectivity index (χ4n) is 3.55. The summed E-state index contributed by atoms with van der Waals surface area (Å²) in [5, 5.41) is 12.1. The van der Waals surface area contributed by atoms with Crippen molar-refractivity contribution in [1.82, 2.24) is 0 Å². The molecule has 0 aliphatic carbocycles. The smallest absolute Gasteiger partial charge is 0.300 e. The monoisotopic (exact) mass is 515 g/mol. The second-order valence-electron chi connectivity index (χ2n) is 7.16. The van der Waals surface area contributed by atoms with E-state index >= 15 is 0 Å². The number of amides is 1. The minimum atomic E-state index is -0.834. The minimum Gasteiger partial charge on any atom is -0.507 e. The first-order valence-electron chi connectivity index (χ1n) is 9.36. The number of aliphatic hydroxyl groups is 1. The van der Waals surface area contributed by atoms with Gasteiger partial charge < -0.3 is 5.11 Å². The number of aliphatic hydroxyl groups excluding tert-OH is 1. The predicted molar refractivity (Wildman–Crippen MR) is 127 cm³/mol. The van der Waals surface area contributed by atoms with Crippen molar-refractivity contribution in [3.05, 3.63) is 104 Å². The molecule has 7 heteroatoms. The third kappa shape index (κ3) is 4.01. The summed E-state index contributed by atoms with van der Waals surface area (Å²) in [6.07, 6.45) is 0. The van der Waals surface area contributed by atoms with E-state index in [9.17, 15) is 14.7 Å². The average Bonchev–Trinajstić information content (AvgIpc) is 3.01. The first-order chi connectivity index (χ1) is 14.8. The zero-order valence-electron chi connectivity index (χ0n) is 16.3. The van der Waals surface area contributed by atoms with Gasteiger partial charge in [0.2, 0.25) is 0 Å². The highest BCUT2D eigenvalue weighted by Gasteiger charge is 2.47. The molecule has 1 aliphatic rings. The summed E-state index contributed by atoms with van der Waals surface area (Å²) in [5.74, 6) is -1.75. The van der Waals surface area contributed by atoms with Gasteiger partial charge in [-0.2, -0.15) is 0 Å². The van der Waals surface area contributed by atoms with E-state index in [0.717, 1.165) is 10.0 Å². The number of benzene rings is 3. The van der Waals surface area contributed by atoms with Crippen molar-refractivity contribution < 1.29 is 14.7 Å². The molecule has 1 unspecified atom stereocenters. The van der Waals surface area contributed by atoms with Crippen molar-refractivity contribution in [2.75, 3.05) is 4.90 Å². The number of hydrogen-bond acceptors (Lipinski definition) is 3. The molecule has 156 valence electrons. The van der Waals surface area contributed by atoms with Gasteiger partial charge in [0, 0.05) is 25.8 Å². The first-order valence-corrected chi connectivity index (χ1v) is 10.9. The van der Waals surface area contributed by atoms with Gasteiger partial charge in [-0.1, -0.05) is 69.5 Å². The van der Waals surface area contributed by atoms with E-state index in [-0.39, 0.29) is 11.3 Å². The molecule has 1 amide bonds. The number of carbonyl (C=O) groups excluding carboxylic acids is 2. The molecule has 3 aromatic carbocycles. The van der Waals surface area contributed by atoms with E-state index in [1.54, 1.807) is 66.7 Å². The molecule has 1 saturated heterocycles. The van der Waals surface area contributed by atoms with Gasteiger partial charge in [-0.05, 0) is 54.4 Å². The largest absolute Gasteiger partial charge is 0.507 e. The van der Waals surface area contributed by atoms with Gasteiger partial charge in [0.15, 0.2) is 0 Å². The van der Waals surface area contributed by atoms with Crippen LogP contribution in [0, 0.1) is 6.92 Å². The van der Waals surface area contributed by atoms with Crippen LogP contribution in [0.3, 0.4) is 0 Å². The van der Waals surface area contributed by atoms with Gasteiger partial charge in [0.1, 0.15) is 5.76 Å². The van der Waals surface area contributed by atoms with Crippen LogP contribution >= 0.6 is 39.1 Å². The van der Waals surface area contributed by atoms with Crippen LogP contribution in [0.15, 0.2) is 76.8 Å². The third-order valence-electron chi connectivity index (χ3n) is 5.18. The van der Waals surface area contributed by atoms with E-state index in [1.165, 1.54) is 4.90 Å². The summed E-state index contributed by atoms with van der Waals surface area (Å²) in [5.41, 5.74) is 2.39. The molecule has 0 radical (unpaired) electrons. The number of nitrogens with zero attached hydrogens (tertiary/aromatic N) is 1. The Balaban J connectivity index is 1.95. The van der Waals surface area contributed by atoms with E-state index in [0.29, 0.717) is 26.9 Å². The molecule has 3 aromatic rings.